The van der Waals surface area contributed by atoms with E-state index >= 15 is 0 Å². The van der Waals surface area contributed by atoms with E-state index < -0.39 is 0 Å². The van der Waals surface area contributed by atoms with Crippen molar-refractivity contribution < 1.29 is 9.53 Å². The van der Waals surface area contributed by atoms with E-state index in [1.807, 2.05) is 31.2 Å². The molecule has 96 valence electrons. The molecule has 0 spiro atoms. The quantitative estimate of drug-likeness (QED) is 0.795. The van der Waals surface area contributed by atoms with Gasteiger partial charge in [-0.2, -0.15) is 0 Å². The van der Waals surface area contributed by atoms with Crippen LogP contribution in [-0.2, 0) is 16.1 Å². The summed E-state index contributed by atoms with van der Waals surface area (Å²) in [7, 11) is 1.64. The Bertz CT molecular complexity index is 474. The molecule has 0 saturated carbocycles. The normalized spacial score (nSPS) is 14.0. The van der Waals surface area contributed by atoms with Crippen LogP contribution in [0.2, 0.25) is 0 Å². The van der Waals surface area contributed by atoms with Crippen LogP contribution >= 0.6 is 0 Å². The minimum Gasteiger partial charge on any atom is -0.380 e. The van der Waals surface area contributed by atoms with Crippen molar-refractivity contribution in [3.05, 3.63) is 41.0 Å². The third-order valence-electron chi connectivity index (χ3n) is 3.11. The monoisotopic (exact) mass is 246 g/mol. The molecule has 0 aromatic heterocycles. The molecule has 0 bridgehead atoms. The zero-order chi connectivity index (χ0) is 13.0. The lowest BCUT2D eigenvalue weighted by Gasteiger charge is -2.21. The van der Waals surface area contributed by atoms with Gasteiger partial charge in [0.05, 0.1) is 6.61 Å². The maximum absolute atomic E-state index is 12.1. The van der Waals surface area contributed by atoms with E-state index in [9.17, 15) is 4.79 Å². The Hall–Kier alpha value is -1.65. The van der Waals surface area contributed by atoms with Crippen molar-refractivity contribution in [2.45, 2.75) is 13.5 Å². The van der Waals surface area contributed by atoms with Gasteiger partial charge < -0.3 is 15.4 Å². The first-order valence-electron chi connectivity index (χ1n) is 6.00. The molecule has 0 atom stereocenters. The highest BCUT2D eigenvalue weighted by Gasteiger charge is 2.16. The number of anilines is 1. The highest BCUT2D eigenvalue weighted by Crippen LogP contribution is 2.18. The maximum atomic E-state index is 12.1. The van der Waals surface area contributed by atoms with Gasteiger partial charge in [-0.1, -0.05) is 18.2 Å². The van der Waals surface area contributed by atoms with Crippen LogP contribution in [0.3, 0.4) is 0 Å². The molecule has 1 aromatic carbocycles. The third-order valence-corrected chi connectivity index (χ3v) is 3.11. The fourth-order valence-electron chi connectivity index (χ4n) is 1.82. The second-order valence-electron chi connectivity index (χ2n) is 4.38. The summed E-state index contributed by atoms with van der Waals surface area (Å²) in [5.74, 6) is -0.0324. The minimum atomic E-state index is -0.0324. The van der Waals surface area contributed by atoms with Crippen LogP contribution in [0.4, 0.5) is 5.69 Å². The number of amides is 1. The Labute approximate surface area is 107 Å². The molecule has 0 unspecified atom stereocenters. The summed E-state index contributed by atoms with van der Waals surface area (Å²) in [6.45, 7) is 4.00. The predicted octanol–water partition coefficient (Wildman–Crippen LogP) is 1.69. The molecule has 2 N–H and O–H groups in total. The number of benzene rings is 1. The minimum absolute atomic E-state index is 0.0324. The van der Waals surface area contributed by atoms with Crippen molar-refractivity contribution in [2.24, 2.45) is 0 Å². The highest BCUT2D eigenvalue weighted by atomic mass is 16.5. The summed E-state index contributed by atoms with van der Waals surface area (Å²) in [6, 6.07) is 7.68. The van der Waals surface area contributed by atoms with Crippen LogP contribution < -0.4 is 10.6 Å². The topological polar surface area (TPSA) is 50.4 Å². The molecule has 0 aliphatic carbocycles. The predicted molar refractivity (Wildman–Crippen MR) is 71.4 cm³/mol. The van der Waals surface area contributed by atoms with Crippen molar-refractivity contribution in [1.82, 2.24) is 5.32 Å². The van der Waals surface area contributed by atoms with Gasteiger partial charge in [0.25, 0.3) is 5.91 Å². The Morgan fingerprint density at radius 3 is 2.72 bits per heavy atom. The number of nitrogens with one attached hydrogen (secondary N) is 2. The average molecular weight is 246 g/mol. The summed E-state index contributed by atoms with van der Waals surface area (Å²) in [5, 5.41) is 6.07. The van der Waals surface area contributed by atoms with Gasteiger partial charge >= 0.3 is 0 Å². The molecule has 1 aliphatic rings. The van der Waals surface area contributed by atoms with E-state index in [1.165, 1.54) is 5.57 Å². The Morgan fingerprint density at radius 1 is 1.39 bits per heavy atom. The van der Waals surface area contributed by atoms with E-state index in [0.29, 0.717) is 6.61 Å². The van der Waals surface area contributed by atoms with E-state index in [4.69, 9.17) is 4.74 Å². The SMILES string of the molecule is COCc1ccccc1NC(=O)C(C)=C1CNC1. The van der Waals surface area contributed by atoms with Crippen LogP contribution in [-0.4, -0.2) is 26.1 Å². The second kappa shape index (κ2) is 5.80. The van der Waals surface area contributed by atoms with E-state index in [0.717, 1.165) is 29.9 Å². The first-order chi connectivity index (χ1) is 8.72. The van der Waals surface area contributed by atoms with E-state index in [-0.39, 0.29) is 5.91 Å². The van der Waals surface area contributed by atoms with Crippen LogP contribution in [0.25, 0.3) is 0 Å². The lowest BCUT2D eigenvalue weighted by atomic mass is 10.0. The van der Waals surface area contributed by atoms with Gasteiger partial charge in [0.15, 0.2) is 0 Å². The smallest absolute Gasteiger partial charge is 0.251 e. The van der Waals surface area contributed by atoms with Crippen molar-refractivity contribution in [3.8, 4) is 0 Å². The van der Waals surface area contributed by atoms with Crippen molar-refractivity contribution in [1.29, 1.82) is 0 Å². The number of rotatable bonds is 4. The molecular formula is C14H18N2O2. The highest BCUT2D eigenvalue weighted by molar-refractivity contribution is 6.04. The molecular weight excluding hydrogens is 228 g/mol. The van der Waals surface area contributed by atoms with Crippen LogP contribution in [0.1, 0.15) is 12.5 Å². The molecule has 1 aromatic rings. The van der Waals surface area contributed by atoms with Crippen molar-refractivity contribution >= 4 is 11.6 Å². The molecule has 18 heavy (non-hydrogen) atoms. The summed E-state index contributed by atoms with van der Waals surface area (Å²) in [4.78, 5) is 12.1. The first kappa shape index (κ1) is 12.8. The summed E-state index contributed by atoms with van der Waals surface area (Å²) < 4.78 is 5.12. The maximum Gasteiger partial charge on any atom is 0.251 e. The molecule has 1 aliphatic heterocycles. The van der Waals surface area contributed by atoms with Crippen LogP contribution in [0.5, 0.6) is 0 Å². The number of hydrogen-bond donors (Lipinski definition) is 2. The van der Waals surface area contributed by atoms with Crippen molar-refractivity contribution in [3.63, 3.8) is 0 Å². The molecule has 4 nitrogen and oxygen atoms in total. The standard InChI is InChI=1S/C14H18N2O2/c1-10(12-7-15-8-12)14(17)16-13-6-4-3-5-11(13)9-18-2/h3-6,15H,7-9H2,1-2H3,(H,16,17). The molecule has 1 fully saturated rings. The van der Waals surface area contributed by atoms with Crippen LogP contribution in [0, 0.1) is 0 Å². The van der Waals surface area contributed by atoms with Gasteiger partial charge in [-0.3, -0.25) is 4.79 Å². The van der Waals surface area contributed by atoms with Gasteiger partial charge in [0.1, 0.15) is 0 Å². The number of carbonyl (C=O) groups excluding carboxylic acids is 1. The van der Waals surface area contributed by atoms with Gasteiger partial charge in [-0.25, -0.2) is 0 Å². The number of ether oxygens (including phenoxy) is 1. The molecule has 1 amide bonds. The first-order valence-corrected chi connectivity index (χ1v) is 6.00. The molecule has 0 radical (unpaired) electrons. The molecule has 1 heterocycles. The summed E-state index contributed by atoms with van der Waals surface area (Å²) in [5.41, 5.74) is 3.78. The molecule has 1 saturated heterocycles. The van der Waals surface area contributed by atoms with Crippen molar-refractivity contribution in [2.75, 3.05) is 25.5 Å². The van der Waals surface area contributed by atoms with Gasteiger partial charge in [0, 0.05) is 37.0 Å². The Morgan fingerprint density at radius 2 is 2.11 bits per heavy atom. The Kier molecular flexibility index (Phi) is 4.12. The summed E-state index contributed by atoms with van der Waals surface area (Å²) >= 11 is 0. The van der Waals surface area contributed by atoms with Gasteiger partial charge in [-0.05, 0) is 18.6 Å². The lowest BCUT2D eigenvalue weighted by Crippen LogP contribution is -2.36. The molecule has 4 heteroatoms. The fraction of sp³-hybridized carbons (Fsp3) is 0.357. The summed E-state index contributed by atoms with van der Waals surface area (Å²) in [6.07, 6.45) is 0. The number of hydrogen-bond acceptors (Lipinski definition) is 3. The van der Waals surface area contributed by atoms with E-state index in [2.05, 4.69) is 10.6 Å². The van der Waals surface area contributed by atoms with Gasteiger partial charge in [-0.15, -0.1) is 0 Å². The largest absolute Gasteiger partial charge is 0.380 e. The lowest BCUT2D eigenvalue weighted by molar-refractivity contribution is -0.112. The van der Waals surface area contributed by atoms with Crippen LogP contribution in [0.15, 0.2) is 35.4 Å². The number of carbonyl (C=O) groups is 1. The zero-order valence-corrected chi connectivity index (χ0v) is 10.7. The zero-order valence-electron chi connectivity index (χ0n) is 10.7. The number of para-hydroxylation sites is 1. The van der Waals surface area contributed by atoms with Gasteiger partial charge in [0.2, 0.25) is 0 Å². The fourth-order valence-corrected chi connectivity index (χ4v) is 1.82. The second-order valence-corrected chi connectivity index (χ2v) is 4.38. The Balaban J connectivity index is 2.11. The average Bonchev–Trinajstić information content (AvgIpc) is 2.29. The third kappa shape index (κ3) is 2.78. The molecule has 2 rings (SSSR count). The van der Waals surface area contributed by atoms with E-state index in [1.54, 1.807) is 7.11 Å². The number of methoxy groups -OCH3 is 1.